The number of hydrogen-bond donors (Lipinski definition) is 3. The Balaban J connectivity index is 1.46. The van der Waals surface area contributed by atoms with Crippen molar-refractivity contribution in [3.63, 3.8) is 0 Å². The van der Waals surface area contributed by atoms with Crippen molar-refractivity contribution in [3.8, 4) is 11.5 Å². The van der Waals surface area contributed by atoms with Gasteiger partial charge in [0.25, 0.3) is 5.91 Å². The number of hydrogen-bond acceptors (Lipinski definition) is 6. The molecular formula is C15H15N5O4. The Morgan fingerprint density at radius 2 is 1.92 bits per heavy atom. The Kier molecular flexibility index (Phi) is 4.70. The van der Waals surface area contributed by atoms with Gasteiger partial charge in [0.05, 0.1) is 6.20 Å². The van der Waals surface area contributed by atoms with E-state index in [4.69, 9.17) is 9.47 Å². The molecule has 0 unspecified atom stereocenters. The minimum atomic E-state index is -0.558. The van der Waals surface area contributed by atoms with Gasteiger partial charge in [-0.3, -0.25) is 15.2 Å². The fraction of sp³-hybridized carbons (Fsp3) is 0.200. The molecule has 24 heavy (non-hydrogen) atoms. The Labute approximate surface area is 137 Å². The third kappa shape index (κ3) is 3.88. The lowest BCUT2D eigenvalue weighted by Gasteiger charge is -2.19. The van der Waals surface area contributed by atoms with Gasteiger partial charge in [0, 0.05) is 18.9 Å². The van der Waals surface area contributed by atoms with E-state index in [0.717, 1.165) is 5.56 Å². The molecule has 1 aromatic heterocycles. The van der Waals surface area contributed by atoms with Crippen molar-refractivity contribution < 1.29 is 19.1 Å². The highest BCUT2D eigenvalue weighted by atomic mass is 16.6. The molecule has 1 aliphatic heterocycles. The molecule has 0 bridgehead atoms. The number of nitrogens with zero attached hydrogens (tertiary/aromatic N) is 2. The molecule has 0 saturated heterocycles. The number of nitrogens with one attached hydrogen (secondary N) is 3. The molecule has 1 aromatic carbocycles. The summed E-state index contributed by atoms with van der Waals surface area (Å²) in [6, 6.07) is 4.86. The molecule has 0 fully saturated rings. The maximum Gasteiger partial charge on any atom is 0.333 e. The van der Waals surface area contributed by atoms with Gasteiger partial charge in [0.1, 0.15) is 18.9 Å². The molecular weight excluding hydrogens is 314 g/mol. The summed E-state index contributed by atoms with van der Waals surface area (Å²) in [5.41, 5.74) is 5.42. The SMILES string of the molecule is O=C(NCc1ccc2c(c1)OCCO2)NNC(=O)c1cnccn1. The molecule has 124 valence electrons. The normalized spacial score (nSPS) is 12.2. The lowest BCUT2D eigenvalue weighted by atomic mass is 10.2. The number of rotatable bonds is 3. The Morgan fingerprint density at radius 1 is 1.08 bits per heavy atom. The quantitative estimate of drug-likeness (QED) is 0.702. The van der Waals surface area contributed by atoms with Gasteiger partial charge in [-0.2, -0.15) is 0 Å². The Hall–Kier alpha value is -3.36. The predicted molar refractivity (Wildman–Crippen MR) is 82.3 cm³/mol. The smallest absolute Gasteiger partial charge is 0.333 e. The summed E-state index contributed by atoms with van der Waals surface area (Å²) in [5.74, 6) is 0.778. The minimum absolute atomic E-state index is 0.102. The first-order valence-corrected chi connectivity index (χ1v) is 7.21. The number of carbonyl (C=O) groups is 2. The largest absolute Gasteiger partial charge is 0.486 e. The summed E-state index contributed by atoms with van der Waals surface area (Å²) in [6.45, 7) is 1.29. The van der Waals surface area contributed by atoms with Gasteiger partial charge in [-0.05, 0) is 17.7 Å². The topological polar surface area (TPSA) is 114 Å². The molecule has 3 N–H and O–H groups in total. The van der Waals surface area contributed by atoms with Crippen molar-refractivity contribution in [1.82, 2.24) is 26.1 Å². The zero-order valence-corrected chi connectivity index (χ0v) is 12.6. The maximum absolute atomic E-state index is 11.7. The third-order valence-electron chi connectivity index (χ3n) is 3.15. The van der Waals surface area contributed by atoms with Gasteiger partial charge in [-0.25, -0.2) is 15.2 Å². The van der Waals surface area contributed by atoms with Crippen molar-refractivity contribution in [1.29, 1.82) is 0 Å². The van der Waals surface area contributed by atoms with Gasteiger partial charge in [0.2, 0.25) is 0 Å². The van der Waals surface area contributed by atoms with Gasteiger partial charge < -0.3 is 14.8 Å². The van der Waals surface area contributed by atoms with Crippen LogP contribution in [0.15, 0.2) is 36.8 Å². The highest BCUT2D eigenvalue weighted by Crippen LogP contribution is 2.30. The first kappa shape index (κ1) is 15.5. The van der Waals surface area contributed by atoms with E-state index in [1.807, 2.05) is 6.07 Å². The van der Waals surface area contributed by atoms with E-state index in [9.17, 15) is 9.59 Å². The molecule has 0 radical (unpaired) electrons. The van der Waals surface area contributed by atoms with E-state index in [-0.39, 0.29) is 12.2 Å². The van der Waals surface area contributed by atoms with Crippen molar-refractivity contribution in [2.45, 2.75) is 6.54 Å². The van der Waals surface area contributed by atoms with Crippen LogP contribution in [0.1, 0.15) is 16.1 Å². The van der Waals surface area contributed by atoms with Gasteiger partial charge in [-0.1, -0.05) is 6.07 Å². The standard InChI is InChI=1S/C15H15N5O4/c21-14(11-9-16-3-4-17-11)19-20-15(22)18-8-10-1-2-12-13(7-10)24-6-5-23-12/h1-4,7,9H,5-6,8H2,(H,19,21)(H2,18,20,22). The number of benzene rings is 1. The number of carbonyl (C=O) groups excluding carboxylic acids is 2. The van der Waals surface area contributed by atoms with Crippen LogP contribution >= 0.6 is 0 Å². The van der Waals surface area contributed by atoms with Gasteiger partial charge in [0.15, 0.2) is 11.5 Å². The summed E-state index contributed by atoms with van der Waals surface area (Å²) in [4.78, 5) is 31.0. The van der Waals surface area contributed by atoms with Crippen molar-refractivity contribution in [3.05, 3.63) is 48.0 Å². The molecule has 9 heteroatoms. The minimum Gasteiger partial charge on any atom is -0.486 e. The summed E-state index contributed by atoms with van der Waals surface area (Å²) < 4.78 is 10.9. The number of ether oxygens (including phenoxy) is 2. The molecule has 3 amide bonds. The van der Waals surface area contributed by atoms with Crippen LogP contribution in [0.25, 0.3) is 0 Å². The van der Waals surface area contributed by atoms with E-state index in [0.29, 0.717) is 24.7 Å². The summed E-state index contributed by atoms with van der Waals surface area (Å²) in [6.07, 6.45) is 4.13. The summed E-state index contributed by atoms with van der Waals surface area (Å²) in [5, 5.41) is 2.62. The zero-order valence-electron chi connectivity index (χ0n) is 12.6. The number of fused-ring (bicyclic) bond motifs is 1. The molecule has 0 spiro atoms. The van der Waals surface area contributed by atoms with Gasteiger partial charge >= 0.3 is 6.03 Å². The van der Waals surface area contributed by atoms with Crippen LogP contribution in [0.3, 0.4) is 0 Å². The van der Waals surface area contributed by atoms with E-state index in [1.54, 1.807) is 12.1 Å². The number of hydrazine groups is 1. The van der Waals surface area contributed by atoms with E-state index in [2.05, 4.69) is 26.1 Å². The summed E-state index contributed by atoms with van der Waals surface area (Å²) >= 11 is 0. The number of urea groups is 1. The zero-order chi connectivity index (χ0) is 16.8. The number of amides is 3. The van der Waals surface area contributed by atoms with E-state index in [1.165, 1.54) is 18.6 Å². The lowest BCUT2D eigenvalue weighted by Crippen LogP contribution is -2.46. The first-order chi connectivity index (χ1) is 11.7. The van der Waals surface area contributed by atoms with Crippen LogP contribution in [0.5, 0.6) is 11.5 Å². The average Bonchev–Trinajstić information content (AvgIpc) is 2.65. The molecule has 2 heterocycles. The van der Waals surface area contributed by atoms with Crippen molar-refractivity contribution in [2.24, 2.45) is 0 Å². The van der Waals surface area contributed by atoms with Crippen LogP contribution in [0.2, 0.25) is 0 Å². The highest BCUT2D eigenvalue weighted by molar-refractivity contribution is 5.93. The van der Waals surface area contributed by atoms with E-state index >= 15 is 0 Å². The molecule has 3 rings (SSSR count). The second kappa shape index (κ2) is 7.27. The molecule has 1 aliphatic rings. The monoisotopic (exact) mass is 329 g/mol. The Morgan fingerprint density at radius 3 is 2.71 bits per heavy atom. The van der Waals surface area contributed by atoms with Crippen molar-refractivity contribution >= 4 is 11.9 Å². The molecule has 9 nitrogen and oxygen atoms in total. The van der Waals surface area contributed by atoms with Gasteiger partial charge in [-0.15, -0.1) is 0 Å². The first-order valence-electron chi connectivity index (χ1n) is 7.21. The fourth-order valence-corrected chi connectivity index (χ4v) is 2.02. The molecule has 0 saturated carbocycles. The highest BCUT2D eigenvalue weighted by Gasteiger charge is 2.12. The van der Waals surface area contributed by atoms with E-state index < -0.39 is 11.9 Å². The third-order valence-corrected chi connectivity index (χ3v) is 3.15. The van der Waals surface area contributed by atoms with Crippen LogP contribution < -0.4 is 25.6 Å². The lowest BCUT2D eigenvalue weighted by molar-refractivity contribution is 0.0931. The second-order valence-electron chi connectivity index (χ2n) is 4.83. The number of aromatic nitrogens is 2. The van der Waals surface area contributed by atoms with Crippen LogP contribution in [-0.2, 0) is 6.54 Å². The van der Waals surface area contributed by atoms with Crippen LogP contribution in [0, 0.1) is 0 Å². The molecule has 0 aliphatic carbocycles. The van der Waals surface area contributed by atoms with Crippen molar-refractivity contribution in [2.75, 3.05) is 13.2 Å². The predicted octanol–water partition coefficient (Wildman–Crippen LogP) is 0.392. The van der Waals surface area contributed by atoms with Crippen LogP contribution in [0.4, 0.5) is 4.79 Å². The Bertz CT molecular complexity index is 738. The second-order valence-corrected chi connectivity index (χ2v) is 4.83. The molecule has 0 atom stereocenters. The maximum atomic E-state index is 11.7. The molecule has 2 aromatic rings. The average molecular weight is 329 g/mol. The van der Waals surface area contributed by atoms with Crippen LogP contribution in [-0.4, -0.2) is 35.1 Å². The fourth-order valence-electron chi connectivity index (χ4n) is 2.02. The summed E-state index contributed by atoms with van der Waals surface area (Å²) in [7, 11) is 0.